The first kappa shape index (κ1) is 21.8. The van der Waals surface area contributed by atoms with Crippen molar-refractivity contribution in [1.29, 1.82) is 0 Å². The molecule has 5 nitrogen and oxygen atoms in total. The van der Waals surface area contributed by atoms with Gasteiger partial charge in [0.1, 0.15) is 0 Å². The zero-order chi connectivity index (χ0) is 20.5. The Morgan fingerprint density at radius 1 is 1.07 bits per heavy atom. The van der Waals surface area contributed by atoms with Crippen molar-refractivity contribution in [1.82, 2.24) is 20.4 Å². The number of piperazine rings is 1. The first-order valence-electron chi connectivity index (χ1n) is 10.6. The highest BCUT2D eigenvalue weighted by Crippen LogP contribution is 2.14. The summed E-state index contributed by atoms with van der Waals surface area (Å²) in [5.41, 5.74) is 2.67. The van der Waals surface area contributed by atoms with E-state index in [-0.39, 0.29) is 0 Å². The van der Waals surface area contributed by atoms with E-state index in [2.05, 4.69) is 81.2 Å². The Bertz CT molecular complexity index is 733. The van der Waals surface area contributed by atoms with E-state index in [1.54, 1.807) is 0 Å². The summed E-state index contributed by atoms with van der Waals surface area (Å²) < 4.78 is 0. The van der Waals surface area contributed by atoms with E-state index in [9.17, 15) is 0 Å². The molecule has 2 heterocycles. The summed E-state index contributed by atoms with van der Waals surface area (Å²) in [7, 11) is 4.03. The molecule has 2 aromatic rings. The number of rotatable bonds is 8. The lowest BCUT2D eigenvalue weighted by Crippen LogP contribution is -2.43. The van der Waals surface area contributed by atoms with Gasteiger partial charge in [-0.3, -0.25) is 9.89 Å². The number of thiophene rings is 1. The normalized spacial score (nSPS) is 17.3. The van der Waals surface area contributed by atoms with Crippen LogP contribution < -0.4 is 10.6 Å². The summed E-state index contributed by atoms with van der Waals surface area (Å²) in [4.78, 5) is 10.7. The van der Waals surface area contributed by atoms with Gasteiger partial charge in [-0.2, -0.15) is 0 Å². The monoisotopic (exact) mass is 413 g/mol. The average Bonchev–Trinajstić information content (AvgIpc) is 3.24. The van der Waals surface area contributed by atoms with E-state index < -0.39 is 0 Å². The Hall–Kier alpha value is -1.89. The summed E-state index contributed by atoms with van der Waals surface area (Å²) in [6.45, 7) is 9.68. The summed E-state index contributed by atoms with van der Waals surface area (Å²) in [6, 6.07) is 13.3. The van der Waals surface area contributed by atoms with Gasteiger partial charge in [-0.25, -0.2) is 0 Å². The van der Waals surface area contributed by atoms with Crippen molar-refractivity contribution in [3.8, 4) is 0 Å². The number of nitrogens with one attached hydrogen (secondary N) is 2. The van der Waals surface area contributed by atoms with Crippen molar-refractivity contribution < 1.29 is 0 Å². The Balaban J connectivity index is 1.38. The largest absolute Gasteiger partial charge is 0.356 e. The van der Waals surface area contributed by atoms with Crippen molar-refractivity contribution in [3.05, 3.63) is 57.8 Å². The van der Waals surface area contributed by atoms with E-state index in [1.807, 2.05) is 18.4 Å². The van der Waals surface area contributed by atoms with E-state index in [1.165, 1.54) is 29.1 Å². The maximum atomic E-state index is 4.36. The molecule has 0 aliphatic carbocycles. The summed E-state index contributed by atoms with van der Waals surface area (Å²) in [6.07, 6.45) is 1.11. The molecule has 1 saturated heterocycles. The Morgan fingerprint density at radius 2 is 1.79 bits per heavy atom. The van der Waals surface area contributed by atoms with Crippen LogP contribution in [0.25, 0.3) is 0 Å². The van der Waals surface area contributed by atoms with Gasteiger partial charge in [-0.05, 0) is 42.0 Å². The molecule has 1 aliphatic heterocycles. The van der Waals surface area contributed by atoms with Gasteiger partial charge in [0.2, 0.25) is 0 Å². The quantitative estimate of drug-likeness (QED) is 0.516. The standard InChI is InChI=1S/C23H35N5S/c1-19(15-22-5-4-14-29-22)16-25-23(24-2)26-17-20-6-8-21(9-7-20)18-28-12-10-27(3)11-13-28/h4-9,14,19H,10-13,15-18H2,1-3H3,(H2,24,25,26). The molecule has 158 valence electrons. The highest BCUT2D eigenvalue weighted by Gasteiger charge is 2.13. The predicted octanol–water partition coefficient (Wildman–Crippen LogP) is 3.04. The van der Waals surface area contributed by atoms with Gasteiger partial charge in [-0.1, -0.05) is 37.3 Å². The molecule has 1 aliphatic rings. The Morgan fingerprint density at radius 3 is 2.45 bits per heavy atom. The van der Waals surface area contributed by atoms with Crippen LogP contribution in [0.5, 0.6) is 0 Å². The maximum Gasteiger partial charge on any atom is 0.191 e. The van der Waals surface area contributed by atoms with Crippen LogP contribution in [0.1, 0.15) is 22.9 Å². The van der Waals surface area contributed by atoms with Gasteiger partial charge < -0.3 is 15.5 Å². The molecular weight excluding hydrogens is 378 g/mol. The summed E-state index contributed by atoms with van der Waals surface area (Å²) >= 11 is 1.83. The SMILES string of the molecule is CN=C(NCc1ccc(CN2CCN(C)CC2)cc1)NCC(C)Cc1cccs1. The van der Waals surface area contributed by atoms with E-state index in [0.717, 1.165) is 45.1 Å². The van der Waals surface area contributed by atoms with Crippen LogP contribution >= 0.6 is 11.3 Å². The van der Waals surface area contributed by atoms with Gasteiger partial charge in [-0.15, -0.1) is 11.3 Å². The third-order valence-corrected chi connectivity index (χ3v) is 6.36. The molecule has 0 spiro atoms. The lowest BCUT2D eigenvalue weighted by atomic mass is 10.1. The fraction of sp³-hybridized carbons (Fsp3) is 0.522. The molecule has 3 rings (SSSR count). The fourth-order valence-electron chi connectivity index (χ4n) is 3.55. The smallest absolute Gasteiger partial charge is 0.191 e. The minimum absolute atomic E-state index is 0.570. The van der Waals surface area contributed by atoms with Gasteiger partial charge in [0.15, 0.2) is 5.96 Å². The molecular formula is C23H35N5S. The zero-order valence-corrected chi connectivity index (χ0v) is 18.8. The predicted molar refractivity (Wildman–Crippen MR) is 125 cm³/mol. The molecule has 29 heavy (non-hydrogen) atoms. The second-order valence-corrected chi connectivity index (χ2v) is 9.12. The topological polar surface area (TPSA) is 42.9 Å². The molecule has 0 radical (unpaired) electrons. The molecule has 0 bridgehead atoms. The van der Waals surface area contributed by atoms with E-state index in [0.29, 0.717) is 5.92 Å². The minimum atomic E-state index is 0.570. The zero-order valence-electron chi connectivity index (χ0n) is 18.0. The second-order valence-electron chi connectivity index (χ2n) is 8.09. The van der Waals surface area contributed by atoms with E-state index in [4.69, 9.17) is 0 Å². The van der Waals surface area contributed by atoms with Crippen molar-refractivity contribution in [2.75, 3.05) is 46.8 Å². The number of aliphatic imine (C=N–C) groups is 1. The molecule has 1 aromatic heterocycles. The molecule has 0 saturated carbocycles. The average molecular weight is 414 g/mol. The molecule has 6 heteroatoms. The van der Waals surface area contributed by atoms with Crippen LogP contribution in [0.2, 0.25) is 0 Å². The van der Waals surface area contributed by atoms with Crippen molar-refractivity contribution in [3.63, 3.8) is 0 Å². The summed E-state index contributed by atoms with van der Waals surface area (Å²) in [5, 5.41) is 9.03. The van der Waals surface area contributed by atoms with Crippen molar-refractivity contribution in [2.45, 2.75) is 26.4 Å². The lowest BCUT2D eigenvalue weighted by Gasteiger charge is -2.32. The number of hydrogen-bond acceptors (Lipinski definition) is 4. The first-order chi connectivity index (χ1) is 14.1. The number of benzene rings is 1. The van der Waals surface area contributed by atoms with Crippen LogP contribution in [0.3, 0.4) is 0 Å². The van der Waals surface area contributed by atoms with Gasteiger partial charge in [0, 0.05) is 57.7 Å². The van der Waals surface area contributed by atoms with Crippen molar-refractivity contribution >= 4 is 17.3 Å². The molecule has 1 aromatic carbocycles. The molecule has 2 N–H and O–H groups in total. The lowest BCUT2D eigenvalue weighted by molar-refractivity contribution is 0.148. The van der Waals surface area contributed by atoms with Crippen LogP contribution in [0.15, 0.2) is 46.8 Å². The highest BCUT2D eigenvalue weighted by molar-refractivity contribution is 7.09. The van der Waals surface area contributed by atoms with Crippen LogP contribution in [0, 0.1) is 5.92 Å². The second kappa shape index (κ2) is 11.3. The number of hydrogen-bond donors (Lipinski definition) is 2. The highest BCUT2D eigenvalue weighted by atomic mass is 32.1. The molecule has 1 unspecified atom stereocenters. The van der Waals surface area contributed by atoms with Crippen LogP contribution in [-0.2, 0) is 19.5 Å². The van der Waals surface area contributed by atoms with Crippen molar-refractivity contribution in [2.24, 2.45) is 10.9 Å². The van der Waals surface area contributed by atoms with E-state index >= 15 is 0 Å². The maximum absolute atomic E-state index is 4.36. The van der Waals surface area contributed by atoms with Gasteiger partial charge >= 0.3 is 0 Å². The van der Waals surface area contributed by atoms with Crippen LogP contribution in [0.4, 0.5) is 0 Å². The molecule has 0 amide bonds. The molecule has 1 atom stereocenters. The van der Waals surface area contributed by atoms with Gasteiger partial charge in [0.25, 0.3) is 0 Å². The first-order valence-corrected chi connectivity index (χ1v) is 11.5. The minimum Gasteiger partial charge on any atom is -0.356 e. The third kappa shape index (κ3) is 7.46. The fourth-order valence-corrected chi connectivity index (χ4v) is 4.42. The summed E-state index contributed by atoms with van der Waals surface area (Å²) in [5.74, 6) is 1.44. The Kier molecular flexibility index (Phi) is 8.52. The Labute approximate surface area is 179 Å². The number of likely N-dealkylation sites (N-methyl/N-ethyl adjacent to an activating group) is 1. The van der Waals surface area contributed by atoms with Gasteiger partial charge in [0.05, 0.1) is 0 Å². The number of guanidine groups is 1. The molecule has 1 fully saturated rings. The van der Waals surface area contributed by atoms with Crippen LogP contribution in [-0.4, -0.2) is 62.6 Å². The number of nitrogens with zero attached hydrogens (tertiary/aromatic N) is 3. The third-order valence-electron chi connectivity index (χ3n) is 5.46.